The summed E-state index contributed by atoms with van der Waals surface area (Å²) in [5.74, 6) is 0.136. The minimum atomic E-state index is -0.295. The summed E-state index contributed by atoms with van der Waals surface area (Å²) < 4.78 is 0. The summed E-state index contributed by atoms with van der Waals surface area (Å²) >= 11 is 1.58. The number of hydrogen-bond donors (Lipinski definition) is 2. The van der Waals surface area contributed by atoms with Crippen molar-refractivity contribution in [3.05, 3.63) is 16.1 Å². The lowest BCUT2D eigenvalue weighted by Crippen LogP contribution is -2.59. The van der Waals surface area contributed by atoms with E-state index in [0.29, 0.717) is 13.0 Å². The zero-order valence-corrected chi connectivity index (χ0v) is 14.5. The first kappa shape index (κ1) is 17.7. The SMILES string of the molecule is Cc1nc(CC(=O)N2CCC[C@]3(CNCC[C@@H]3O)C2)cs1.Cl. The van der Waals surface area contributed by atoms with Crippen LogP contribution in [0.4, 0.5) is 0 Å². The Morgan fingerprint density at radius 2 is 2.45 bits per heavy atom. The molecule has 0 radical (unpaired) electrons. The molecular weight excluding hydrogens is 322 g/mol. The summed E-state index contributed by atoms with van der Waals surface area (Å²) in [4.78, 5) is 18.8. The third-order valence-electron chi connectivity index (χ3n) is 4.74. The number of halogens is 1. The van der Waals surface area contributed by atoms with Gasteiger partial charge in [0.05, 0.1) is 23.2 Å². The predicted octanol–water partition coefficient (Wildman–Crippen LogP) is 1.38. The molecular formula is C15H24ClN3O2S. The lowest BCUT2D eigenvalue weighted by molar-refractivity contribution is -0.137. The molecule has 0 saturated carbocycles. The molecule has 3 heterocycles. The Morgan fingerprint density at radius 1 is 1.64 bits per heavy atom. The van der Waals surface area contributed by atoms with Gasteiger partial charge in [0, 0.05) is 30.4 Å². The highest BCUT2D eigenvalue weighted by Gasteiger charge is 2.44. The van der Waals surface area contributed by atoms with Crippen molar-refractivity contribution in [2.75, 3.05) is 26.2 Å². The molecule has 1 spiro atoms. The van der Waals surface area contributed by atoms with Gasteiger partial charge in [-0.25, -0.2) is 4.98 Å². The Hall–Kier alpha value is -0.690. The zero-order valence-electron chi connectivity index (χ0n) is 12.9. The van der Waals surface area contributed by atoms with Crippen LogP contribution < -0.4 is 5.32 Å². The summed E-state index contributed by atoms with van der Waals surface area (Å²) in [5, 5.41) is 16.7. The van der Waals surface area contributed by atoms with Crippen LogP contribution in [0.25, 0.3) is 0 Å². The van der Waals surface area contributed by atoms with E-state index in [0.717, 1.165) is 49.6 Å². The van der Waals surface area contributed by atoms with E-state index in [9.17, 15) is 9.90 Å². The van der Waals surface area contributed by atoms with E-state index in [2.05, 4.69) is 10.3 Å². The maximum absolute atomic E-state index is 12.5. The average Bonchev–Trinajstić information content (AvgIpc) is 2.88. The largest absolute Gasteiger partial charge is 0.392 e. The lowest BCUT2D eigenvalue weighted by atomic mass is 9.72. The van der Waals surface area contributed by atoms with Crippen molar-refractivity contribution in [3.63, 3.8) is 0 Å². The second kappa shape index (κ2) is 7.25. The van der Waals surface area contributed by atoms with Crippen molar-refractivity contribution in [1.82, 2.24) is 15.2 Å². The van der Waals surface area contributed by atoms with Crippen LogP contribution in [0.5, 0.6) is 0 Å². The van der Waals surface area contributed by atoms with Crippen LogP contribution in [-0.4, -0.2) is 53.2 Å². The van der Waals surface area contributed by atoms with E-state index < -0.39 is 0 Å². The number of aliphatic hydroxyl groups excluding tert-OH is 1. The molecule has 1 amide bonds. The molecule has 22 heavy (non-hydrogen) atoms. The van der Waals surface area contributed by atoms with Crippen LogP contribution in [0.2, 0.25) is 0 Å². The van der Waals surface area contributed by atoms with Crippen LogP contribution in [0, 0.1) is 12.3 Å². The Kier molecular flexibility index (Phi) is 5.82. The van der Waals surface area contributed by atoms with Crippen molar-refractivity contribution in [2.24, 2.45) is 5.41 Å². The number of nitrogens with one attached hydrogen (secondary N) is 1. The number of aromatic nitrogens is 1. The van der Waals surface area contributed by atoms with Crippen molar-refractivity contribution in [2.45, 2.75) is 38.7 Å². The number of nitrogens with zero attached hydrogens (tertiary/aromatic N) is 2. The standard InChI is InChI=1S/C15H23N3O2S.ClH/c1-11-17-12(8-21-11)7-14(20)18-6-2-4-15(10-18)9-16-5-3-13(15)19;/h8,13,16,19H,2-7,9-10H2,1H3;1H/t13-,15-;/m0./s1. The van der Waals surface area contributed by atoms with E-state index in [4.69, 9.17) is 0 Å². The normalized spacial score (nSPS) is 28.5. The minimum absolute atomic E-state index is 0. The van der Waals surface area contributed by atoms with Gasteiger partial charge in [0.1, 0.15) is 0 Å². The van der Waals surface area contributed by atoms with Gasteiger partial charge < -0.3 is 15.3 Å². The Balaban J connectivity index is 0.00000176. The van der Waals surface area contributed by atoms with Gasteiger partial charge in [-0.3, -0.25) is 4.79 Å². The van der Waals surface area contributed by atoms with Crippen LogP contribution in [-0.2, 0) is 11.2 Å². The van der Waals surface area contributed by atoms with E-state index in [-0.39, 0.29) is 29.8 Å². The predicted molar refractivity (Wildman–Crippen MR) is 89.5 cm³/mol. The second-order valence-electron chi connectivity index (χ2n) is 6.30. The smallest absolute Gasteiger partial charge is 0.228 e. The van der Waals surface area contributed by atoms with E-state index in [1.807, 2.05) is 17.2 Å². The fourth-order valence-electron chi connectivity index (χ4n) is 3.55. The topological polar surface area (TPSA) is 65.5 Å². The van der Waals surface area contributed by atoms with Gasteiger partial charge in [0.25, 0.3) is 0 Å². The quantitative estimate of drug-likeness (QED) is 0.850. The van der Waals surface area contributed by atoms with E-state index in [1.54, 1.807) is 11.3 Å². The van der Waals surface area contributed by atoms with Crippen molar-refractivity contribution >= 4 is 29.7 Å². The fourth-order valence-corrected chi connectivity index (χ4v) is 4.16. The number of hydrogen-bond acceptors (Lipinski definition) is 5. The number of rotatable bonds is 2. The molecule has 5 nitrogen and oxygen atoms in total. The molecule has 3 rings (SSSR count). The Morgan fingerprint density at radius 3 is 3.14 bits per heavy atom. The van der Waals surface area contributed by atoms with Crippen LogP contribution >= 0.6 is 23.7 Å². The minimum Gasteiger partial charge on any atom is -0.392 e. The summed E-state index contributed by atoms with van der Waals surface area (Å²) in [6.45, 7) is 5.11. The molecule has 2 aliphatic heterocycles. The van der Waals surface area contributed by atoms with Gasteiger partial charge in [-0.2, -0.15) is 0 Å². The highest BCUT2D eigenvalue weighted by Crippen LogP contribution is 2.36. The molecule has 0 bridgehead atoms. The number of aliphatic hydroxyl groups is 1. The summed E-state index contributed by atoms with van der Waals surface area (Å²) in [6, 6.07) is 0. The molecule has 7 heteroatoms. The molecule has 2 N–H and O–H groups in total. The first-order valence-corrected chi connectivity index (χ1v) is 8.55. The summed E-state index contributed by atoms with van der Waals surface area (Å²) in [6.07, 6.45) is 2.84. The van der Waals surface area contributed by atoms with Crippen molar-refractivity contribution in [1.29, 1.82) is 0 Å². The van der Waals surface area contributed by atoms with E-state index in [1.165, 1.54) is 0 Å². The zero-order chi connectivity index (χ0) is 14.9. The Bertz CT molecular complexity index is 521. The number of carbonyl (C=O) groups excluding carboxylic acids is 1. The monoisotopic (exact) mass is 345 g/mol. The highest BCUT2D eigenvalue weighted by atomic mass is 35.5. The number of amides is 1. The fraction of sp³-hybridized carbons (Fsp3) is 0.733. The van der Waals surface area contributed by atoms with Crippen LogP contribution in [0.1, 0.15) is 30.0 Å². The number of likely N-dealkylation sites (tertiary alicyclic amines) is 1. The molecule has 2 fully saturated rings. The maximum atomic E-state index is 12.5. The number of aryl methyl sites for hydroxylation is 1. The summed E-state index contributed by atoms with van der Waals surface area (Å²) in [5.41, 5.74) is 0.717. The van der Waals surface area contributed by atoms with Gasteiger partial charge in [0.15, 0.2) is 0 Å². The van der Waals surface area contributed by atoms with Gasteiger partial charge in [-0.1, -0.05) is 0 Å². The number of carbonyl (C=O) groups is 1. The molecule has 0 aromatic carbocycles. The van der Waals surface area contributed by atoms with E-state index >= 15 is 0 Å². The molecule has 2 atom stereocenters. The second-order valence-corrected chi connectivity index (χ2v) is 7.36. The molecule has 1 aromatic heterocycles. The van der Waals surface area contributed by atoms with Gasteiger partial charge in [-0.05, 0) is 32.7 Å². The third-order valence-corrected chi connectivity index (χ3v) is 5.56. The lowest BCUT2D eigenvalue weighted by Gasteiger charge is -2.48. The number of thiazole rings is 1. The van der Waals surface area contributed by atoms with Gasteiger partial charge in [0.2, 0.25) is 5.91 Å². The summed E-state index contributed by atoms with van der Waals surface area (Å²) in [7, 11) is 0. The molecule has 2 saturated heterocycles. The molecule has 1 aromatic rings. The van der Waals surface area contributed by atoms with Gasteiger partial charge >= 0.3 is 0 Å². The third kappa shape index (κ3) is 3.62. The Labute approximate surface area is 141 Å². The van der Waals surface area contributed by atoms with Crippen molar-refractivity contribution < 1.29 is 9.90 Å². The molecule has 0 unspecified atom stereocenters. The van der Waals surface area contributed by atoms with Crippen molar-refractivity contribution in [3.8, 4) is 0 Å². The maximum Gasteiger partial charge on any atom is 0.228 e. The van der Waals surface area contributed by atoms with Crippen LogP contribution in [0.3, 0.4) is 0 Å². The molecule has 2 aliphatic rings. The average molecular weight is 346 g/mol. The van der Waals surface area contributed by atoms with Crippen LogP contribution in [0.15, 0.2) is 5.38 Å². The highest BCUT2D eigenvalue weighted by molar-refractivity contribution is 7.09. The molecule has 0 aliphatic carbocycles. The molecule has 124 valence electrons. The van der Waals surface area contributed by atoms with Gasteiger partial charge in [-0.15, -0.1) is 23.7 Å². The number of piperidine rings is 2. The first-order valence-electron chi connectivity index (χ1n) is 7.67. The first-order chi connectivity index (χ1) is 10.1.